The molecule has 0 saturated carbocycles. The molecule has 0 bridgehead atoms. The van der Waals surface area contributed by atoms with E-state index in [-0.39, 0.29) is 11.3 Å². The number of unbranched alkanes of at least 4 members (excludes halogenated alkanes) is 1. The third-order valence-electron chi connectivity index (χ3n) is 4.08. The largest absolute Gasteiger partial charge is 0.381 e. The van der Waals surface area contributed by atoms with Crippen LogP contribution in [0, 0.1) is 5.41 Å². The lowest BCUT2D eigenvalue weighted by Crippen LogP contribution is -2.50. The predicted octanol–water partition coefficient (Wildman–Crippen LogP) is 2.48. The number of carbonyl (C=O) groups excluding carboxylic acids is 1. The molecule has 1 amide bonds. The summed E-state index contributed by atoms with van der Waals surface area (Å²) in [6.45, 7) is 8.52. The first-order valence-corrected chi connectivity index (χ1v) is 8.32. The minimum absolute atomic E-state index is 0.171. The summed E-state index contributed by atoms with van der Waals surface area (Å²) >= 11 is 0. The Labute approximate surface area is 124 Å². The van der Waals surface area contributed by atoms with E-state index >= 15 is 0 Å². The van der Waals surface area contributed by atoms with Crippen LogP contribution in [0.25, 0.3) is 0 Å². The fourth-order valence-electron chi connectivity index (χ4n) is 2.88. The lowest BCUT2D eigenvalue weighted by molar-refractivity contribution is -0.132. The third kappa shape index (κ3) is 5.80. The third-order valence-corrected chi connectivity index (χ3v) is 4.08. The molecular formula is C16H32N2O2. The van der Waals surface area contributed by atoms with Gasteiger partial charge in [0.05, 0.1) is 5.41 Å². The molecule has 1 aliphatic heterocycles. The van der Waals surface area contributed by atoms with Crippen LogP contribution >= 0.6 is 0 Å². The van der Waals surface area contributed by atoms with Gasteiger partial charge >= 0.3 is 0 Å². The second kappa shape index (κ2) is 10.2. The first-order valence-electron chi connectivity index (χ1n) is 8.32. The summed E-state index contributed by atoms with van der Waals surface area (Å²) in [6.07, 6.45) is 7.38. The number of piperidine rings is 1. The van der Waals surface area contributed by atoms with Gasteiger partial charge in [-0.1, -0.05) is 26.7 Å². The van der Waals surface area contributed by atoms with E-state index in [9.17, 15) is 4.79 Å². The number of carbonyl (C=O) groups is 1. The number of amides is 1. The van der Waals surface area contributed by atoms with E-state index in [0.717, 1.165) is 71.4 Å². The Morgan fingerprint density at radius 2 is 2.05 bits per heavy atom. The van der Waals surface area contributed by atoms with E-state index in [4.69, 9.17) is 4.74 Å². The second-order valence-corrected chi connectivity index (χ2v) is 5.89. The first kappa shape index (κ1) is 17.4. The molecule has 1 heterocycles. The molecule has 0 aromatic carbocycles. The van der Waals surface area contributed by atoms with Crippen molar-refractivity contribution in [1.82, 2.24) is 10.6 Å². The van der Waals surface area contributed by atoms with E-state index in [1.807, 2.05) is 0 Å². The fourth-order valence-corrected chi connectivity index (χ4v) is 2.88. The quantitative estimate of drug-likeness (QED) is 0.606. The summed E-state index contributed by atoms with van der Waals surface area (Å²) in [4.78, 5) is 12.5. The van der Waals surface area contributed by atoms with E-state index in [1.165, 1.54) is 6.42 Å². The van der Waals surface area contributed by atoms with Crippen molar-refractivity contribution in [3.05, 3.63) is 0 Å². The van der Waals surface area contributed by atoms with Crippen LogP contribution in [0.15, 0.2) is 0 Å². The molecule has 0 aliphatic carbocycles. The lowest BCUT2D eigenvalue weighted by Gasteiger charge is -2.36. The highest BCUT2D eigenvalue weighted by molar-refractivity contribution is 5.83. The number of nitrogens with one attached hydrogen (secondary N) is 2. The van der Waals surface area contributed by atoms with E-state index in [0.29, 0.717) is 0 Å². The molecule has 2 N–H and O–H groups in total. The van der Waals surface area contributed by atoms with Crippen LogP contribution in [-0.4, -0.2) is 38.8 Å². The van der Waals surface area contributed by atoms with Crippen molar-refractivity contribution in [3.8, 4) is 0 Å². The number of hydrogen-bond acceptors (Lipinski definition) is 3. The van der Waals surface area contributed by atoms with Gasteiger partial charge in [-0.25, -0.2) is 0 Å². The molecule has 4 nitrogen and oxygen atoms in total. The molecule has 0 radical (unpaired) electrons. The maximum absolute atomic E-state index is 12.5. The van der Waals surface area contributed by atoms with Crippen LogP contribution in [-0.2, 0) is 9.53 Å². The lowest BCUT2D eigenvalue weighted by atomic mass is 9.76. The van der Waals surface area contributed by atoms with Gasteiger partial charge < -0.3 is 15.4 Å². The van der Waals surface area contributed by atoms with E-state index < -0.39 is 0 Å². The number of hydrogen-bond donors (Lipinski definition) is 2. The monoisotopic (exact) mass is 284 g/mol. The first-order chi connectivity index (χ1) is 9.75. The van der Waals surface area contributed by atoms with Gasteiger partial charge in [-0.05, 0) is 38.6 Å². The van der Waals surface area contributed by atoms with Gasteiger partial charge in [-0.2, -0.15) is 0 Å². The van der Waals surface area contributed by atoms with Gasteiger partial charge in [0.15, 0.2) is 0 Å². The summed E-state index contributed by atoms with van der Waals surface area (Å²) in [7, 11) is 0. The molecule has 1 atom stereocenters. The molecule has 118 valence electrons. The van der Waals surface area contributed by atoms with Gasteiger partial charge in [0.1, 0.15) is 0 Å². The number of rotatable bonds is 10. The van der Waals surface area contributed by atoms with E-state index in [2.05, 4.69) is 24.5 Å². The Balaban J connectivity index is 2.21. The molecule has 1 fully saturated rings. The Morgan fingerprint density at radius 1 is 1.25 bits per heavy atom. The van der Waals surface area contributed by atoms with Gasteiger partial charge in [-0.15, -0.1) is 0 Å². The highest BCUT2D eigenvalue weighted by Gasteiger charge is 2.38. The smallest absolute Gasteiger partial charge is 0.227 e. The molecule has 0 aromatic rings. The average Bonchev–Trinajstić information content (AvgIpc) is 2.47. The molecule has 0 spiro atoms. The molecule has 0 aromatic heterocycles. The summed E-state index contributed by atoms with van der Waals surface area (Å²) in [5, 5.41) is 6.49. The zero-order chi connectivity index (χ0) is 14.7. The van der Waals surface area contributed by atoms with Crippen molar-refractivity contribution in [2.75, 3.05) is 32.8 Å². The van der Waals surface area contributed by atoms with Gasteiger partial charge in [0.25, 0.3) is 0 Å². The van der Waals surface area contributed by atoms with Gasteiger partial charge in [0, 0.05) is 26.3 Å². The number of ether oxygens (including phenoxy) is 1. The second-order valence-electron chi connectivity index (χ2n) is 5.89. The zero-order valence-electron chi connectivity index (χ0n) is 13.3. The van der Waals surface area contributed by atoms with Crippen molar-refractivity contribution in [3.63, 3.8) is 0 Å². The van der Waals surface area contributed by atoms with Crippen LogP contribution in [0.5, 0.6) is 0 Å². The van der Waals surface area contributed by atoms with Gasteiger partial charge in [0.2, 0.25) is 5.91 Å². The Morgan fingerprint density at radius 3 is 2.70 bits per heavy atom. The normalized spacial score (nSPS) is 22.7. The maximum Gasteiger partial charge on any atom is 0.227 e. The maximum atomic E-state index is 12.5. The molecule has 1 saturated heterocycles. The molecular weight excluding hydrogens is 252 g/mol. The van der Waals surface area contributed by atoms with Crippen LogP contribution < -0.4 is 10.6 Å². The Kier molecular flexibility index (Phi) is 8.86. The SMILES string of the molecule is CCCCOCCCNC(=O)C1(CCC)CCCNC1. The summed E-state index contributed by atoms with van der Waals surface area (Å²) < 4.78 is 5.51. The van der Waals surface area contributed by atoms with Crippen molar-refractivity contribution < 1.29 is 9.53 Å². The van der Waals surface area contributed by atoms with E-state index in [1.54, 1.807) is 0 Å². The van der Waals surface area contributed by atoms with Crippen LogP contribution in [0.3, 0.4) is 0 Å². The topological polar surface area (TPSA) is 50.4 Å². The summed E-state index contributed by atoms with van der Waals surface area (Å²) in [6, 6.07) is 0. The Bertz CT molecular complexity index is 258. The molecule has 4 heteroatoms. The van der Waals surface area contributed by atoms with Gasteiger partial charge in [-0.3, -0.25) is 4.79 Å². The highest BCUT2D eigenvalue weighted by Crippen LogP contribution is 2.31. The predicted molar refractivity (Wildman–Crippen MR) is 82.8 cm³/mol. The Hall–Kier alpha value is -0.610. The molecule has 1 rings (SSSR count). The molecule has 1 aliphatic rings. The summed E-state index contributed by atoms with van der Waals surface area (Å²) in [5.74, 6) is 0.236. The van der Waals surface area contributed by atoms with Crippen LogP contribution in [0.1, 0.15) is 58.8 Å². The van der Waals surface area contributed by atoms with Crippen molar-refractivity contribution in [1.29, 1.82) is 0 Å². The van der Waals surface area contributed by atoms with Crippen molar-refractivity contribution >= 4 is 5.91 Å². The zero-order valence-corrected chi connectivity index (χ0v) is 13.3. The highest BCUT2D eigenvalue weighted by atomic mass is 16.5. The standard InChI is InChI=1S/C16H32N2O2/c1-3-5-12-20-13-7-11-18-15(19)16(8-4-2)9-6-10-17-14-16/h17H,3-14H2,1-2H3,(H,18,19). The minimum atomic E-state index is -0.171. The average molecular weight is 284 g/mol. The molecule has 20 heavy (non-hydrogen) atoms. The fraction of sp³-hybridized carbons (Fsp3) is 0.938. The van der Waals surface area contributed by atoms with Crippen LogP contribution in [0.4, 0.5) is 0 Å². The van der Waals surface area contributed by atoms with Crippen molar-refractivity contribution in [2.24, 2.45) is 5.41 Å². The minimum Gasteiger partial charge on any atom is -0.381 e. The molecule has 1 unspecified atom stereocenters. The van der Waals surface area contributed by atoms with Crippen molar-refractivity contribution in [2.45, 2.75) is 58.8 Å². The van der Waals surface area contributed by atoms with Crippen LogP contribution in [0.2, 0.25) is 0 Å². The summed E-state index contributed by atoms with van der Waals surface area (Å²) in [5.41, 5.74) is -0.171.